The van der Waals surface area contributed by atoms with Gasteiger partial charge >= 0.3 is 0 Å². The molecule has 0 unspecified atom stereocenters. The average molecular weight is 264 g/mol. The molecule has 0 saturated heterocycles. The highest BCUT2D eigenvalue weighted by Gasteiger charge is 2.10. The van der Waals surface area contributed by atoms with Crippen molar-refractivity contribution in [3.63, 3.8) is 0 Å². The van der Waals surface area contributed by atoms with Crippen LogP contribution in [-0.4, -0.2) is 23.4 Å². The highest BCUT2D eigenvalue weighted by Crippen LogP contribution is 2.25. The van der Waals surface area contributed by atoms with Gasteiger partial charge in [-0.15, -0.1) is 0 Å². The third kappa shape index (κ3) is 2.12. The lowest BCUT2D eigenvalue weighted by molar-refractivity contribution is 0.111. The molecule has 3 rings (SSSR count). The van der Waals surface area contributed by atoms with Crippen LogP contribution in [0, 0.1) is 0 Å². The number of hydrogen-bond acceptors (Lipinski definition) is 4. The Morgan fingerprint density at radius 1 is 1.00 bits per heavy atom. The van der Waals surface area contributed by atoms with Crippen molar-refractivity contribution in [2.24, 2.45) is 0 Å². The van der Waals surface area contributed by atoms with Gasteiger partial charge in [-0.05, 0) is 24.3 Å². The Bertz CT molecular complexity index is 784. The molecule has 4 heteroatoms. The van der Waals surface area contributed by atoms with Crippen LogP contribution in [0.4, 0.5) is 0 Å². The number of hydrogen-bond donors (Lipinski definition) is 0. The number of carbonyl (C=O) groups excluding carboxylic acids is 1. The van der Waals surface area contributed by atoms with Crippen LogP contribution in [0.2, 0.25) is 0 Å². The smallest absolute Gasteiger partial charge is 0.170 e. The third-order valence-corrected chi connectivity index (χ3v) is 3.05. The number of para-hydroxylation sites is 2. The SMILES string of the molecule is COc1cccc(-c2nc3ccccc3nc2C=O)c1. The second-order valence-electron chi connectivity index (χ2n) is 4.30. The van der Waals surface area contributed by atoms with Gasteiger partial charge in [0.1, 0.15) is 17.1 Å². The largest absolute Gasteiger partial charge is 0.497 e. The molecule has 0 N–H and O–H groups in total. The number of nitrogens with zero attached hydrogens (tertiary/aromatic N) is 2. The van der Waals surface area contributed by atoms with E-state index < -0.39 is 0 Å². The first-order valence-electron chi connectivity index (χ1n) is 6.18. The molecule has 1 aromatic heterocycles. The Morgan fingerprint density at radius 2 is 1.75 bits per heavy atom. The number of aromatic nitrogens is 2. The van der Waals surface area contributed by atoms with Crippen molar-refractivity contribution in [2.45, 2.75) is 0 Å². The van der Waals surface area contributed by atoms with E-state index in [1.165, 1.54) is 0 Å². The van der Waals surface area contributed by atoms with E-state index in [4.69, 9.17) is 4.74 Å². The van der Waals surface area contributed by atoms with Crippen LogP contribution in [0.15, 0.2) is 48.5 Å². The van der Waals surface area contributed by atoms with Crippen LogP contribution in [0.1, 0.15) is 10.5 Å². The van der Waals surface area contributed by atoms with Crippen LogP contribution in [0.25, 0.3) is 22.3 Å². The van der Waals surface area contributed by atoms with Crippen molar-refractivity contribution < 1.29 is 9.53 Å². The molecule has 0 bridgehead atoms. The van der Waals surface area contributed by atoms with Gasteiger partial charge in [-0.1, -0.05) is 24.3 Å². The summed E-state index contributed by atoms with van der Waals surface area (Å²) in [5, 5.41) is 0. The molecular weight excluding hydrogens is 252 g/mol. The molecule has 2 aromatic carbocycles. The summed E-state index contributed by atoms with van der Waals surface area (Å²) >= 11 is 0. The van der Waals surface area contributed by atoms with Crippen molar-refractivity contribution >= 4 is 17.3 Å². The van der Waals surface area contributed by atoms with Crippen LogP contribution in [0.3, 0.4) is 0 Å². The average Bonchev–Trinajstić information content (AvgIpc) is 2.53. The summed E-state index contributed by atoms with van der Waals surface area (Å²) in [6.45, 7) is 0. The lowest BCUT2D eigenvalue weighted by Gasteiger charge is -2.07. The number of benzene rings is 2. The van der Waals surface area contributed by atoms with E-state index in [0.29, 0.717) is 22.7 Å². The molecule has 1 heterocycles. The van der Waals surface area contributed by atoms with Crippen LogP contribution < -0.4 is 4.74 Å². The first-order chi connectivity index (χ1) is 9.81. The van der Waals surface area contributed by atoms with Crippen molar-refractivity contribution in [1.29, 1.82) is 0 Å². The minimum Gasteiger partial charge on any atom is -0.497 e. The minimum atomic E-state index is 0.331. The van der Waals surface area contributed by atoms with Gasteiger partial charge in [0.05, 0.1) is 18.1 Å². The number of carbonyl (C=O) groups is 1. The molecule has 3 aromatic rings. The van der Waals surface area contributed by atoms with Gasteiger partial charge in [0, 0.05) is 5.56 Å². The monoisotopic (exact) mass is 264 g/mol. The first-order valence-corrected chi connectivity index (χ1v) is 6.18. The van der Waals surface area contributed by atoms with Gasteiger partial charge in [-0.25, -0.2) is 9.97 Å². The number of rotatable bonds is 3. The molecule has 98 valence electrons. The van der Waals surface area contributed by atoms with Gasteiger partial charge in [0.2, 0.25) is 0 Å². The zero-order chi connectivity index (χ0) is 13.9. The number of fused-ring (bicyclic) bond motifs is 1. The maximum absolute atomic E-state index is 11.3. The molecule has 0 spiro atoms. The van der Waals surface area contributed by atoms with Crippen LogP contribution in [-0.2, 0) is 0 Å². The van der Waals surface area contributed by atoms with Crippen molar-refractivity contribution in [1.82, 2.24) is 9.97 Å². The summed E-state index contributed by atoms with van der Waals surface area (Å²) in [6, 6.07) is 14.9. The van der Waals surface area contributed by atoms with Crippen molar-refractivity contribution in [3.8, 4) is 17.0 Å². The Hall–Kier alpha value is -2.75. The quantitative estimate of drug-likeness (QED) is 0.682. The first kappa shape index (κ1) is 12.3. The van der Waals surface area contributed by atoms with E-state index in [2.05, 4.69) is 9.97 Å². The zero-order valence-electron chi connectivity index (χ0n) is 10.9. The summed E-state index contributed by atoms with van der Waals surface area (Å²) in [6.07, 6.45) is 0.730. The van der Waals surface area contributed by atoms with Gasteiger partial charge in [-0.2, -0.15) is 0 Å². The van der Waals surface area contributed by atoms with Gasteiger partial charge in [0.15, 0.2) is 6.29 Å². The fourth-order valence-electron chi connectivity index (χ4n) is 2.08. The Labute approximate surface area is 116 Å². The van der Waals surface area contributed by atoms with E-state index >= 15 is 0 Å². The molecule has 0 amide bonds. The highest BCUT2D eigenvalue weighted by atomic mass is 16.5. The molecule has 0 fully saturated rings. The summed E-state index contributed by atoms with van der Waals surface area (Å²) in [5.41, 5.74) is 3.18. The maximum Gasteiger partial charge on any atom is 0.170 e. The highest BCUT2D eigenvalue weighted by molar-refractivity contribution is 5.88. The number of methoxy groups -OCH3 is 1. The number of aldehydes is 1. The lowest BCUT2D eigenvalue weighted by Crippen LogP contribution is -1.97. The van der Waals surface area contributed by atoms with Gasteiger partial charge in [-0.3, -0.25) is 4.79 Å². The fourth-order valence-corrected chi connectivity index (χ4v) is 2.08. The second-order valence-corrected chi connectivity index (χ2v) is 4.30. The number of ether oxygens (including phenoxy) is 1. The van der Waals surface area contributed by atoms with E-state index in [1.807, 2.05) is 48.5 Å². The van der Waals surface area contributed by atoms with Crippen molar-refractivity contribution in [3.05, 3.63) is 54.2 Å². The summed E-state index contributed by atoms with van der Waals surface area (Å²) in [7, 11) is 1.60. The van der Waals surface area contributed by atoms with Gasteiger partial charge < -0.3 is 4.74 Å². The molecule has 0 aliphatic rings. The Balaban J connectivity index is 2.25. The molecule has 0 aliphatic heterocycles. The standard InChI is InChI=1S/C16H12N2O2/c1-20-12-6-4-5-11(9-12)16-15(10-19)17-13-7-2-3-8-14(13)18-16/h2-10H,1H3. The molecular formula is C16H12N2O2. The molecule has 0 saturated carbocycles. The molecule has 0 atom stereocenters. The Kier molecular flexibility index (Phi) is 3.13. The zero-order valence-corrected chi connectivity index (χ0v) is 10.9. The topological polar surface area (TPSA) is 52.1 Å². The van der Waals surface area contributed by atoms with E-state index in [9.17, 15) is 4.79 Å². The van der Waals surface area contributed by atoms with E-state index in [1.54, 1.807) is 7.11 Å². The maximum atomic E-state index is 11.3. The summed E-state index contributed by atoms with van der Waals surface area (Å²) in [4.78, 5) is 20.2. The minimum absolute atomic E-state index is 0.331. The van der Waals surface area contributed by atoms with Crippen molar-refractivity contribution in [2.75, 3.05) is 7.11 Å². The molecule has 0 radical (unpaired) electrons. The van der Waals surface area contributed by atoms with Crippen LogP contribution >= 0.6 is 0 Å². The molecule has 20 heavy (non-hydrogen) atoms. The predicted molar refractivity (Wildman–Crippen MR) is 76.9 cm³/mol. The van der Waals surface area contributed by atoms with E-state index in [0.717, 1.165) is 17.4 Å². The Morgan fingerprint density at radius 3 is 2.45 bits per heavy atom. The van der Waals surface area contributed by atoms with Crippen LogP contribution in [0.5, 0.6) is 5.75 Å². The second kappa shape index (κ2) is 5.09. The molecule has 0 aliphatic carbocycles. The summed E-state index contributed by atoms with van der Waals surface area (Å²) < 4.78 is 5.20. The normalized spacial score (nSPS) is 10.4. The lowest BCUT2D eigenvalue weighted by atomic mass is 10.1. The predicted octanol–water partition coefficient (Wildman–Crippen LogP) is 3.12. The van der Waals surface area contributed by atoms with E-state index in [-0.39, 0.29) is 0 Å². The molecule has 4 nitrogen and oxygen atoms in total. The fraction of sp³-hybridized carbons (Fsp3) is 0.0625. The van der Waals surface area contributed by atoms with Gasteiger partial charge in [0.25, 0.3) is 0 Å². The summed E-state index contributed by atoms with van der Waals surface area (Å²) in [5.74, 6) is 0.717. The third-order valence-electron chi connectivity index (χ3n) is 3.05.